The third kappa shape index (κ3) is 2.14. The lowest BCUT2D eigenvalue weighted by atomic mass is 10.0. The van der Waals surface area contributed by atoms with Crippen molar-refractivity contribution in [2.24, 2.45) is 0 Å². The lowest BCUT2D eigenvalue weighted by Crippen LogP contribution is -2.40. The molecule has 0 amide bonds. The summed E-state index contributed by atoms with van der Waals surface area (Å²) in [5.41, 5.74) is 1.64. The van der Waals surface area contributed by atoms with E-state index in [1.807, 2.05) is 5.38 Å². The van der Waals surface area contributed by atoms with Crippen LogP contribution in [0, 0.1) is 5.82 Å². The Balaban J connectivity index is 1.97. The number of benzene rings is 1. The SMILES string of the molecule is Fc1ccc(Br)cc1-c1nc(C2CNC2)cs1. The average Bonchev–Trinajstić information content (AvgIpc) is 2.68. The van der Waals surface area contributed by atoms with Gasteiger partial charge in [-0.1, -0.05) is 15.9 Å². The minimum absolute atomic E-state index is 0.221. The maximum absolute atomic E-state index is 13.7. The highest BCUT2D eigenvalue weighted by molar-refractivity contribution is 9.10. The number of nitrogens with one attached hydrogen (secondary N) is 1. The Hall–Kier alpha value is -0.780. The van der Waals surface area contributed by atoms with Gasteiger partial charge in [0, 0.05) is 34.4 Å². The van der Waals surface area contributed by atoms with Crippen LogP contribution in [0.5, 0.6) is 0 Å². The van der Waals surface area contributed by atoms with Gasteiger partial charge in [0.15, 0.2) is 0 Å². The molecule has 0 unspecified atom stereocenters. The van der Waals surface area contributed by atoms with Crippen LogP contribution >= 0.6 is 27.3 Å². The van der Waals surface area contributed by atoms with Crippen LogP contribution in [0.3, 0.4) is 0 Å². The van der Waals surface area contributed by atoms with Crippen molar-refractivity contribution in [3.05, 3.63) is 39.6 Å². The van der Waals surface area contributed by atoms with E-state index >= 15 is 0 Å². The molecule has 88 valence electrons. The van der Waals surface area contributed by atoms with Gasteiger partial charge in [-0.2, -0.15) is 0 Å². The van der Waals surface area contributed by atoms with E-state index in [0.29, 0.717) is 11.5 Å². The predicted octanol–water partition coefficient (Wildman–Crippen LogP) is 3.40. The second-order valence-corrected chi connectivity index (χ2v) is 5.83. The third-order valence-electron chi connectivity index (χ3n) is 2.88. The fourth-order valence-electron chi connectivity index (χ4n) is 1.76. The fraction of sp³-hybridized carbons (Fsp3) is 0.250. The predicted molar refractivity (Wildman–Crippen MR) is 70.8 cm³/mol. The molecule has 0 bridgehead atoms. The molecule has 0 saturated carbocycles. The first kappa shape index (κ1) is 11.3. The summed E-state index contributed by atoms with van der Waals surface area (Å²) in [6.07, 6.45) is 0. The van der Waals surface area contributed by atoms with Gasteiger partial charge < -0.3 is 5.32 Å². The van der Waals surface area contributed by atoms with Crippen molar-refractivity contribution in [2.45, 2.75) is 5.92 Å². The first-order valence-electron chi connectivity index (χ1n) is 5.35. The van der Waals surface area contributed by atoms with Gasteiger partial charge >= 0.3 is 0 Å². The minimum Gasteiger partial charge on any atom is -0.315 e. The molecule has 0 spiro atoms. The first-order chi connectivity index (χ1) is 8.24. The van der Waals surface area contributed by atoms with E-state index in [9.17, 15) is 4.39 Å². The molecular formula is C12H10BrFN2S. The molecule has 1 saturated heterocycles. The van der Waals surface area contributed by atoms with Gasteiger partial charge in [0.1, 0.15) is 10.8 Å². The second kappa shape index (κ2) is 4.48. The van der Waals surface area contributed by atoms with Crippen LogP contribution in [0.2, 0.25) is 0 Å². The molecule has 1 aliphatic rings. The van der Waals surface area contributed by atoms with Gasteiger partial charge in [0.25, 0.3) is 0 Å². The molecule has 0 atom stereocenters. The Labute approximate surface area is 111 Å². The van der Waals surface area contributed by atoms with Crippen molar-refractivity contribution < 1.29 is 4.39 Å². The molecule has 3 rings (SSSR count). The van der Waals surface area contributed by atoms with E-state index in [1.54, 1.807) is 12.1 Å². The summed E-state index contributed by atoms with van der Waals surface area (Å²) in [4.78, 5) is 4.52. The van der Waals surface area contributed by atoms with Gasteiger partial charge in [-0.3, -0.25) is 0 Å². The third-order valence-corrected chi connectivity index (χ3v) is 4.27. The summed E-state index contributed by atoms with van der Waals surface area (Å²) >= 11 is 4.86. The molecule has 0 radical (unpaired) electrons. The van der Waals surface area contributed by atoms with Gasteiger partial charge in [0.2, 0.25) is 0 Å². The maximum atomic E-state index is 13.7. The van der Waals surface area contributed by atoms with E-state index in [2.05, 4.69) is 26.2 Å². The van der Waals surface area contributed by atoms with Crippen LogP contribution in [-0.4, -0.2) is 18.1 Å². The van der Waals surface area contributed by atoms with Crippen LogP contribution in [0.15, 0.2) is 28.1 Å². The molecule has 17 heavy (non-hydrogen) atoms. The van der Waals surface area contributed by atoms with Gasteiger partial charge in [0.05, 0.1) is 5.69 Å². The highest BCUT2D eigenvalue weighted by Gasteiger charge is 2.22. The molecule has 5 heteroatoms. The van der Waals surface area contributed by atoms with E-state index in [1.165, 1.54) is 17.4 Å². The first-order valence-corrected chi connectivity index (χ1v) is 7.03. The Morgan fingerprint density at radius 2 is 2.24 bits per heavy atom. The number of nitrogens with zero attached hydrogens (tertiary/aromatic N) is 1. The lowest BCUT2D eigenvalue weighted by molar-refractivity contribution is 0.441. The summed E-state index contributed by atoms with van der Waals surface area (Å²) in [5.74, 6) is 0.274. The summed E-state index contributed by atoms with van der Waals surface area (Å²) in [6, 6.07) is 4.94. The number of halogens is 2. The van der Waals surface area contributed by atoms with Crippen molar-refractivity contribution in [2.75, 3.05) is 13.1 Å². The summed E-state index contributed by atoms with van der Waals surface area (Å²) in [5, 5.41) is 6.00. The smallest absolute Gasteiger partial charge is 0.133 e. The quantitative estimate of drug-likeness (QED) is 0.919. The van der Waals surface area contributed by atoms with E-state index in [-0.39, 0.29) is 5.82 Å². The second-order valence-electron chi connectivity index (χ2n) is 4.06. The maximum Gasteiger partial charge on any atom is 0.133 e. The van der Waals surface area contributed by atoms with Crippen LogP contribution < -0.4 is 5.32 Å². The molecule has 1 aromatic heterocycles. The standard InChI is InChI=1S/C12H10BrFN2S/c13-8-1-2-10(14)9(3-8)12-16-11(6-17-12)7-4-15-5-7/h1-3,6-7,15H,4-5H2. The highest BCUT2D eigenvalue weighted by atomic mass is 79.9. The monoisotopic (exact) mass is 312 g/mol. The number of hydrogen-bond donors (Lipinski definition) is 1. The van der Waals surface area contributed by atoms with Crippen LogP contribution in [0.4, 0.5) is 4.39 Å². The average molecular weight is 313 g/mol. The van der Waals surface area contributed by atoms with E-state index in [4.69, 9.17) is 0 Å². The van der Waals surface area contributed by atoms with Crippen molar-refractivity contribution >= 4 is 27.3 Å². The Morgan fingerprint density at radius 1 is 1.41 bits per heavy atom. The Morgan fingerprint density at radius 3 is 2.94 bits per heavy atom. The molecule has 2 heterocycles. The lowest BCUT2D eigenvalue weighted by Gasteiger charge is -2.25. The van der Waals surface area contributed by atoms with Crippen molar-refractivity contribution in [1.82, 2.24) is 10.3 Å². The highest BCUT2D eigenvalue weighted by Crippen LogP contribution is 2.31. The molecular weight excluding hydrogens is 303 g/mol. The van der Waals surface area contributed by atoms with Gasteiger partial charge in [-0.15, -0.1) is 11.3 Å². The van der Waals surface area contributed by atoms with Gasteiger partial charge in [-0.05, 0) is 18.2 Å². The van der Waals surface area contributed by atoms with Crippen LogP contribution in [0.1, 0.15) is 11.6 Å². The summed E-state index contributed by atoms with van der Waals surface area (Å²) in [6.45, 7) is 1.95. The zero-order valence-electron chi connectivity index (χ0n) is 8.91. The molecule has 0 aliphatic carbocycles. The minimum atomic E-state index is -0.221. The number of thiazole rings is 1. The van der Waals surface area contributed by atoms with Gasteiger partial charge in [-0.25, -0.2) is 9.37 Å². The van der Waals surface area contributed by atoms with Crippen molar-refractivity contribution in [3.63, 3.8) is 0 Å². The number of hydrogen-bond acceptors (Lipinski definition) is 3. The fourth-order valence-corrected chi connectivity index (χ4v) is 3.04. The van der Waals surface area contributed by atoms with E-state index in [0.717, 1.165) is 28.3 Å². The van der Waals surface area contributed by atoms with Crippen molar-refractivity contribution in [1.29, 1.82) is 0 Å². The topological polar surface area (TPSA) is 24.9 Å². The number of aromatic nitrogens is 1. The molecule has 2 nitrogen and oxygen atoms in total. The Bertz CT molecular complexity index is 551. The summed E-state index contributed by atoms with van der Waals surface area (Å²) < 4.78 is 14.6. The van der Waals surface area contributed by atoms with E-state index < -0.39 is 0 Å². The molecule has 1 aromatic carbocycles. The van der Waals surface area contributed by atoms with Crippen molar-refractivity contribution in [3.8, 4) is 10.6 Å². The largest absolute Gasteiger partial charge is 0.315 e. The Kier molecular flexibility index (Phi) is 2.98. The molecule has 1 aliphatic heterocycles. The van der Waals surface area contributed by atoms with Crippen LogP contribution in [0.25, 0.3) is 10.6 Å². The van der Waals surface area contributed by atoms with Crippen LogP contribution in [-0.2, 0) is 0 Å². The number of rotatable bonds is 2. The zero-order valence-corrected chi connectivity index (χ0v) is 11.3. The molecule has 1 N–H and O–H groups in total. The molecule has 1 fully saturated rings. The normalized spacial score (nSPS) is 15.9. The zero-order chi connectivity index (χ0) is 11.8. The summed E-state index contributed by atoms with van der Waals surface area (Å²) in [7, 11) is 0. The molecule has 2 aromatic rings.